The number of hydrogen-bond donors (Lipinski definition) is 1. The van der Waals surface area contributed by atoms with Crippen LogP contribution in [-0.2, 0) is 12.8 Å². The fourth-order valence-electron chi connectivity index (χ4n) is 1.91. The number of thiazole rings is 1. The van der Waals surface area contributed by atoms with Crippen LogP contribution in [0.1, 0.15) is 35.0 Å². The minimum absolute atomic E-state index is 0.680. The lowest BCUT2D eigenvalue weighted by atomic mass is 10.1. The molecule has 4 heteroatoms. The number of nitrogen functional groups attached to an aromatic ring is 1. The van der Waals surface area contributed by atoms with E-state index in [0.717, 1.165) is 29.4 Å². The fourth-order valence-corrected chi connectivity index (χ4v) is 3.24. The van der Waals surface area contributed by atoms with Crippen LogP contribution in [0, 0.1) is 6.92 Å². The van der Waals surface area contributed by atoms with E-state index in [-0.39, 0.29) is 0 Å². The number of benzene rings is 1. The third-order valence-electron chi connectivity index (χ3n) is 2.88. The molecule has 1 aromatic heterocycles. The molecular formula is C14H17BrN2S. The van der Waals surface area contributed by atoms with Crippen molar-refractivity contribution in [2.75, 3.05) is 5.73 Å². The largest absolute Gasteiger partial charge is 0.375 e. The van der Waals surface area contributed by atoms with Gasteiger partial charge in [0.1, 0.15) is 0 Å². The zero-order chi connectivity index (χ0) is 13.1. The standard InChI is InChI=1S/C14H17BrN2S/c1-3-4-12-13(18-14(16)17-12)8-10-6-5-9(2)11(15)7-10/h5-7H,3-4,8H2,1-2H3,(H2,16,17). The highest BCUT2D eigenvalue weighted by atomic mass is 79.9. The predicted octanol–water partition coefficient (Wildman–Crippen LogP) is 4.34. The summed E-state index contributed by atoms with van der Waals surface area (Å²) in [7, 11) is 0. The Morgan fingerprint density at radius 1 is 1.39 bits per heavy atom. The Balaban J connectivity index is 2.24. The second-order valence-electron chi connectivity index (χ2n) is 4.43. The van der Waals surface area contributed by atoms with E-state index in [1.165, 1.54) is 16.0 Å². The first-order valence-corrected chi connectivity index (χ1v) is 7.70. The van der Waals surface area contributed by atoms with Crippen molar-refractivity contribution in [2.45, 2.75) is 33.1 Å². The van der Waals surface area contributed by atoms with Crippen molar-refractivity contribution in [3.8, 4) is 0 Å². The molecule has 0 aliphatic carbocycles. The quantitative estimate of drug-likeness (QED) is 0.908. The lowest BCUT2D eigenvalue weighted by Crippen LogP contribution is -1.93. The number of aromatic nitrogens is 1. The van der Waals surface area contributed by atoms with Crippen molar-refractivity contribution in [2.24, 2.45) is 0 Å². The van der Waals surface area contributed by atoms with Gasteiger partial charge in [0.25, 0.3) is 0 Å². The molecule has 0 aliphatic heterocycles. The predicted molar refractivity (Wildman–Crippen MR) is 82.2 cm³/mol. The van der Waals surface area contributed by atoms with Gasteiger partial charge in [-0.05, 0) is 30.5 Å². The van der Waals surface area contributed by atoms with Gasteiger partial charge in [-0.15, -0.1) is 11.3 Å². The van der Waals surface area contributed by atoms with Gasteiger partial charge >= 0.3 is 0 Å². The molecule has 0 aliphatic rings. The molecule has 0 saturated heterocycles. The number of anilines is 1. The van der Waals surface area contributed by atoms with E-state index < -0.39 is 0 Å². The first kappa shape index (κ1) is 13.6. The maximum Gasteiger partial charge on any atom is 0.180 e. The van der Waals surface area contributed by atoms with Gasteiger partial charge in [0.15, 0.2) is 5.13 Å². The molecule has 0 spiro atoms. The van der Waals surface area contributed by atoms with Crippen LogP contribution >= 0.6 is 27.3 Å². The van der Waals surface area contributed by atoms with Crippen LogP contribution in [0.25, 0.3) is 0 Å². The van der Waals surface area contributed by atoms with Crippen LogP contribution in [0.4, 0.5) is 5.13 Å². The van der Waals surface area contributed by atoms with E-state index in [0.29, 0.717) is 5.13 Å². The van der Waals surface area contributed by atoms with Crippen molar-refractivity contribution < 1.29 is 0 Å². The van der Waals surface area contributed by atoms with Gasteiger partial charge in [-0.2, -0.15) is 0 Å². The average Bonchev–Trinajstić information content (AvgIpc) is 2.65. The maximum absolute atomic E-state index is 5.82. The number of aryl methyl sites for hydroxylation is 2. The van der Waals surface area contributed by atoms with Gasteiger partial charge in [-0.25, -0.2) is 4.98 Å². The van der Waals surface area contributed by atoms with E-state index in [9.17, 15) is 0 Å². The molecule has 0 bridgehead atoms. The highest BCUT2D eigenvalue weighted by Crippen LogP contribution is 2.26. The number of halogens is 1. The Hall–Kier alpha value is -0.870. The number of nitrogens with zero attached hydrogens (tertiary/aromatic N) is 1. The van der Waals surface area contributed by atoms with Crippen LogP contribution in [0.3, 0.4) is 0 Å². The van der Waals surface area contributed by atoms with Gasteiger partial charge in [0.05, 0.1) is 5.69 Å². The number of nitrogens with two attached hydrogens (primary N) is 1. The summed E-state index contributed by atoms with van der Waals surface area (Å²) in [6, 6.07) is 6.50. The smallest absolute Gasteiger partial charge is 0.180 e. The summed E-state index contributed by atoms with van der Waals surface area (Å²) in [6.45, 7) is 4.27. The number of hydrogen-bond acceptors (Lipinski definition) is 3. The topological polar surface area (TPSA) is 38.9 Å². The lowest BCUT2D eigenvalue weighted by Gasteiger charge is -2.04. The average molecular weight is 325 g/mol. The van der Waals surface area contributed by atoms with Crippen molar-refractivity contribution in [3.63, 3.8) is 0 Å². The molecule has 96 valence electrons. The van der Waals surface area contributed by atoms with Gasteiger partial charge in [0.2, 0.25) is 0 Å². The molecule has 0 atom stereocenters. The molecule has 2 nitrogen and oxygen atoms in total. The normalized spacial score (nSPS) is 10.8. The number of rotatable bonds is 4. The third kappa shape index (κ3) is 3.12. The molecule has 0 amide bonds. The molecular weight excluding hydrogens is 308 g/mol. The molecule has 1 heterocycles. The molecule has 2 aromatic rings. The zero-order valence-electron chi connectivity index (χ0n) is 10.7. The zero-order valence-corrected chi connectivity index (χ0v) is 13.1. The molecule has 0 fully saturated rings. The lowest BCUT2D eigenvalue weighted by molar-refractivity contribution is 0.879. The van der Waals surface area contributed by atoms with E-state index in [1.54, 1.807) is 11.3 Å². The van der Waals surface area contributed by atoms with Crippen molar-refractivity contribution >= 4 is 32.4 Å². The molecule has 0 unspecified atom stereocenters. The van der Waals surface area contributed by atoms with Crippen LogP contribution in [0.2, 0.25) is 0 Å². The third-order valence-corrected chi connectivity index (χ3v) is 4.66. The van der Waals surface area contributed by atoms with E-state index >= 15 is 0 Å². The van der Waals surface area contributed by atoms with E-state index in [4.69, 9.17) is 5.73 Å². The molecule has 18 heavy (non-hydrogen) atoms. The minimum Gasteiger partial charge on any atom is -0.375 e. The second-order valence-corrected chi connectivity index (χ2v) is 6.40. The van der Waals surface area contributed by atoms with Gasteiger partial charge in [-0.1, -0.05) is 41.4 Å². The van der Waals surface area contributed by atoms with Crippen LogP contribution in [-0.4, -0.2) is 4.98 Å². The minimum atomic E-state index is 0.680. The Labute approximate surface area is 120 Å². The van der Waals surface area contributed by atoms with Crippen molar-refractivity contribution in [1.82, 2.24) is 4.98 Å². The SMILES string of the molecule is CCCc1nc(N)sc1Cc1ccc(C)c(Br)c1. The molecule has 0 radical (unpaired) electrons. The van der Waals surface area contributed by atoms with Crippen LogP contribution < -0.4 is 5.73 Å². The van der Waals surface area contributed by atoms with Crippen molar-refractivity contribution in [3.05, 3.63) is 44.4 Å². The first-order chi connectivity index (χ1) is 8.60. The molecule has 0 saturated carbocycles. The van der Waals surface area contributed by atoms with Gasteiger partial charge in [0, 0.05) is 15.8 Å². The Morgan fingerprint density at radius 3 is 2.83 bits per heavy atom. The summed E-state index contributed by atoms with van der Waals surface area (Å²) in [5.74, 6) is 0. The van der Waals surface area contributed by atoms with Gasteiger partial charge < -0.3 is 5.73 Å². The van der Waals surface area contributed by atoms with Crippen LogP contribution in [0.5, 0.6) is 0 Å². The second kappa shape index (κ2) is 5.85. The Kier molecular flexibility index (Phi) is 4.40. The van der Waals surface area contributed by atoms with Gasteiger partial charge in [-0.3, -0.25) is 0 Å². The van der Waals surface area contributed by atoms with Crippen molar-refractivity contribution in [1.29, 1.82) is 0 Å². The van der Waals surface area contributed by atoms with Crippen LogP contribution in [0.15, 0.2) is 22.7 Å². The first-order valence-electron chi connectivity index (χ1n) is 6.09. The van der Waals surface area contributed by atoms with E-state index in [2.05, 4.69) is 53.0 Å². The Morgan fingerprint density at radius 2 is 2.17 bits per heavy atom. The highest BCUT2D eigenvalue weighted by molar-refractivity contribution is 9.10. The maximum atomic E-state index is 5.82. The summed E-state index contributed by atoms with van der Waals surface area (Å²) < 4.78 is 1.16. The molecule has 1 aromatic carbocycles. The summed E-state index contributed by atoms with van der Waals surface area (Å²) >= 11 is 5.19. The summed E-state index contributed by atoms with van der Waals surface area (Å²) in [4.78, 5) is 5.72. The Bertz CT molecular complexity index is 549. The molecule has 2 rings (SSSR count). The van der Waals surface area contributed by atoms with E-state index in [1.807, 2.05) is 0 Å². The molecule has 2 N–H and O–H groups in total. The fraction of sp³-hybridized carbons (Fsp3) is 0.357. The summed E-state index contributed by atoms with van der Waals surface area (Å²) in [5.41, 5.74) is 9.54. The highest BCUT2D eigenvalue weighted by Gasteiger charge is 2.10. The summed E-state index contributed by atoms with van der Waals surface area (Å²) in [5, 5.41) is 0.680. The monoisotopic (exact) mass is 324 g/mol. The summed E-state index contributed by atoms with van der Waals surface area (Å²) in [6.07, 6.45) is 3.03.